The molecule has 0 N–H and O–H groups in total. The second kappa shape index (κ2) is 7.23. The number of rotatable bonds is 7. The van der Waals surface area contributed by atoms with Crippen molar-refractivity contribution in [3.05, 3.63) is 30.3 Å². The molecule has 0 aromatic heterocycles. The Balaban J connectivity index is 3.00. The molecule has 0 aliphatic carbocycles. The standard InChI is InChI=1S/C15H27O3P/c1-12(2)16-19(14(5)6,17-13(3)4)18-15-10-8-7-9-11-15/h7-14,19H,1-6H3. The Hall–Kier alpha value is -0.630. The van der Waals surface area contributed by atoms with Crippen LogP contribution in [-0.4, -0.2) is 17.9 Å². The summed E-state index contributed by atoms with van der Waals surface area (Å²) in [4.78, 5) is 0. The van der Waals surface area contributed by atoms with Gasteiger partial charge in [-0.05, 0) is 0 Å². The molecule has 4 heteroatoms. The van der Waals surface area contributed by atoms with Crippen LogP contribution in [0.1, 0.15) is 41.5 Å². The summed E-state index contributed by atoms with van der Waals surface area (Å²) in [6, 6.07) is 9.77. The van der Waals surface area contributed by atoms with E-state index in [4.69, 9.17) is 13.6 Å². The third-order valence-electron chi connectivity index (χ3n) is 2.51. The molecule has 0 unspecified atom stereocenters. The molecule has 1 aromatic rings. The maximum atomic E-state index is 6.18. The molecule has 0 aliphatic heterocycles. The van der Waals surface area contributed by atoms with Crippen molar-refractivity contribution >= 4 is 7.94 Å². The van der Waals surface area contributed by atoms with E-state index in [1.165, 1.54) is 0 Å². The SMILES string of the molecule is CC(C)O[PH](Oc1ccccc1)(OC(C)C)C(C)C. The summed E-state index contributed by atoms with van der Waals surface area (Å²) in [5.41, 5.74) is 0.206. The molecule has 0 fully saturated rings. The Morgan fingerprint density at radius 2 is 1.26 bits per heavy atom. The van der Waals surface area contributed by atoms with Crippen LogP contribution in [0, 0.1) is 0 Å². The Bertz CT molecular complexity index is 353. The summed E-state index contributed by atoms with van der Waals surface area (Å²) >= 11 is 0. The molecule has 110 valence electrons. The van der Waals surface area contributed by atoms with E-state index >= 15 is 0 Å². The van der Waals surface area contributed by atoms with Crippen LogP contribution in [0.25, 0.3) is 0 Å². The van der Waals surface area contributed by atoms with Gasteiger partial charge in [-0.25, -0.2) is 0 Å². The van der Waals surface area contributed by atoms with Gasteiger partial charge in [0.15, 0.2) is 0 Å². The zero-order valence-corrected chi connectivity index (χ0v) is 13.8. The fourth-order valence-electron chi connectivity index (χ4n) is 1.78. The first-order valence-corrected chi connectivity index (χ1v) is 8.75. The van der Waals surface area contributed by atoms with Crippen LogP contribution in [-0.2, 0) is 9.05 Å². The number of hydrogen-bond donors (Lipinski definition) is 0. The summed E-state index contributed by atoms with van der Waals surface area (Å²) < 4.78 is 18.4. The molecule has 19 heavy (non-hydrogen) atoms. The van der Waals surface area contributed by atoms with Crippen molar-refractivity contribution in [3.63, 3.8) is 0 Å². The monoisotopic (exact) mass is 286 g/mol. The molecular formula is C15H27O3P. The van der Waals surface area contributed by atoms with Crippen molar-refractivity contribution in [2.45, 2.75) is 59.4 Å². The molecule has 3 nitrogen and oxygen atoms in total. The van der Waals surface area contributed by atoms with Crippen molar-refractivity contribution in [3.8, 4) is 5.75 Å². The van der Waals surface area contributed by atoms with E-state index in [0.29, 0.717) is 0 Å². The van der Waals surface area contributed by atoms with Crippen LogP contribution in [0.3, 0.4) is 0 Å². The second-order valence-electron chi connectivity index (χ2n) is 5.51. The van der Waals surface area contributed by atoms with Gasteiger partial charge in [0.25, 0.3) is 0 Å². The molecule has 0 spiro atoms. The van der Waals surface area contributed by atoms with E-state index in [1.807, 2.05) is 58.0 Å². The Kier molecular flexibility index (Phi) is 6.25. The van der Waals surface area contributed by atoms with Gasteiger partial charge in [-0.1, -0.05) is 0 Å². The van der Waals surface area contributed by atoms with Crippen molar-refractivity contribution in [2.24, 2.45) is 0 Å². The van der Waals surface area contributed by atoms with Gasteiger partial charge < -0.3 is 0 Å². The van der Waals surface area contributed by atoms with Gasteiger partial charge in [0, 0.05) is 0 Å². The molecule has 0 radical (unpaired) electrons. The number of para-hydroxylation sites is 1. The van der Waals surface area contributed by atoms with Crippen LogP contribution in [0.2, 0.25) is 0 Å². The van der Waals surface area contributed by atoms with Gasteiger partial charge in [-0.15, -0.1) is 0 Å². The zero-order valence-electron chi connectivity index (χ0n) is 12.8. The normalized spacial score (nSPS) is 13.3. The summed E-state index contributed by atoms with van der Waals surface area (Å²) in [6.07, 6.45) is 0.160. The third kappa shape index (κ3) is 5.10. The minimum absolute atomic E-state index is 0.0801. The van der Waals surface area contributed by atoms with E-state index in [9.17, 15) is 0 Å². The van der Waals surface area contributed by atoms with E-state index in [0.717, 1.165) is 5.75 Å². The van der Waals surface area contributed by atoms with Gasteiger partial charge in [-0.3, -0.25) is 0 Å². The fourth-order valence-corrected chi connectivity index (χ4v) is 4.49. The molecule has 0 bridgehead atoms. The first-order chi connectivity index (χ1) is 8.85. The van der Waals surface area contributed by atoms with Crippen LogP contribution < -0.4 is 4.52 Å². The van der Waals surface area contributed by atoms with E-state index in [2.05, 4.69) is 13.8 Å². The van der Waals surface area contributed by atoms with E-state index in [1.54, 1.807) is 0 Å². The molecule has 0 aliphatic rings. The Morgan fingerprint density at radius 1 is 0.789 bits per heavy atom. The van der Waals surface area contributed by atoms with Crippen LogP contribution in [0.15, 0.2) is 30.3 Å². The van der Waals surface area contributed by atoms with Gasteiger partial charge in [0.2, 0.25) is 0 Å². The molecule has 1 rings (SSSR count). The molecule has 0 amide bonds. The summed E-state index contributed by atoms with van der Waals surface area (Å²) in [5.74, 6) is 0.809. The van der Waals surface area contributed by atoms with Gasteiger partial charge >= 0.3 is 117 Å². The first-order valence-electron chi connectivity index (χ1n) is 6.95. The van der Waals surface area contributed by atoms with Crippen LogP contribution in [0.5, 0.6) is 5.75 Å². The predicted octanol–water partition coefficient (Wildman–Crippen LogP) is 4.82. The number of hydrogen-bond acceptors (Lipinski definition) is 3. The molecule has 0 heterocycles. The molecule has 0 atom stereocenters. The Labute approximate surface area is 117 Å². The topological polar surface area (TPSA) is 27.7 Å². The third-order valence-corrected chi connectivity index (χ3v) is 6.04. The van der Waals surface area contributed by atoms with Gasteiger partial charge in [-0.2, -0.15) is 0 Å². The van der Waals surface area contributed by atoms with Crippen molar-refractivity contribution in [1.82, 2.24) is 0 Å². The van der Waals surface area contributed by atoms with Crippen molar-refractivity contribution < 1.29 is 13.6 Å². The van der Waals surface area contributed by atoms with E-state index < -0.39 is 7.94 Å². The quantitative estimate of drug-likeness (QED) is 0.673. The zero-order chi connectivity index (χ0) is 14.5. The summed E-state index contributed by atoms with van der Waals surface area (Å²) in [7, 11) is -2.74. The maximum absolute atomic E-state index is 6.18. The Morgan fingerprint density at radius 3 is 1.63 bits per heavy atom. The second-order valence-corrected chi connectivity index (χ2v) is 8.54. The average Bonchev–Trinajstić information content (AvgIpc) is 2.27. The summed E-state index contributed by atoms with van der Waals surface area (Å²) in [6.45, 7) is 12.3. The van der Waals surface area contributed by atoms with Crippen LogP contribution >= 0.6 is 7.94 Å². The number of benzene rings is 1. The minimum atomic E-state index is -2.74. The summed E-state index contributed by atoms with van der Waals surface area (Å²) in [5, 5.41) is 0. The molecular weight excluding hydrogens is 259 g/mol. The molecule has 0 saturated carbocycles. The first kappa shape index (κ1) is 16.4. The molecule has 1 aromatic carbocycles. The van der Waals surface area contributed by atoms with Crippen LogP contribution in [0.4, 0.5) is 0 Å². The molecule has 0 saturated heterocycles. The van der Waals surface area contributed by atoms with Crippen molar-refractivity contribution in [1.29, 1.82) is 0 Å². The average molecular weight is 286 g/mol. The van der Waals surface area contributed by atoms with Crippen molar-refractivity contribution in [2.75, 3.05) is 0 Å². The van der Waals surface area contributed by atoms with E-state index in [-0.39, 0.29) is 17.9 Å². The fraction of sp³-hybridized carbons (Fsp3) is 0.600. The van der Waals surface area contributed by atoms with Gasteiger partial charge in [0.05, 0.1) is 0 Å². The van der Waals surface area contributed by atoms with Gasteiger partial charge in [0.1, 0.15) is 0 Å². The predicted molar refractivity (Wildman–Crippen MR) is 83.0 cm³/mol.